The molecule has 0 amide bonds. The summed E-state index contributed by atoms with van der Waals surface area (Å²) < 4.78 is 26.9. The Morgan fingerprint density at radius 2 is 2.21 bits per heavy atom. The van der Waals surface area contributed by atoms with Crippen molar-refractivity contribution < 1.29 is 13.3 Å². The van der Waals surface area contributed by atoms with E-state index in [2.05, 4.69) is 26.6 Å². The van der Waals surface area contributed by atoms with Crippen LogP contribution in [0.5, 0.6) is 0 Å². The van der Waals surface area contributed by atoms with Gasteiger partial charge in [0.05, 0.1) is 11.0 Å². The summed E-state index contributed by atoms with van der Waals surface area (Å²) in [7, 11) is -4.05. The minimum Gasteiger partial charge on any atom is -0.258 e. The van der Waals surface area contributed by atoms with Gasteiger partial charge in [-0.15, -0.1) is 6.42 Å². The fourth-order valence-electron chi connectivity index (χ4n) is 1.34. The lowest BCUT2D eigenvalue weighted by atomic mass is 10.3. The van der Waals surface area contributed by atoms with Gasteiger partial charge in [0.25, 0.3) is 5.69 Å². The smallest absolute Gasteiger partial charge is 0.258 e. The first-order valence-corrected chi connectivity index (χ1v) is 7.51. The molecule has 1 aromatic rings. The zero-order valence-corrected chi connectivity index (χ0v) is 12.4. The topological polar surface area (TPSA) is 89.3 Å². The summed E-state index contributed by atoms with van der Waals surface area (Å²) in [4.78, 5) is 9.69. The number of halogens is 1. The fraction of sp³-hybridized carbons (Fsp3) is 0.273. The van der Waals surface area contributed by atoms with Crippen molar-refractivity contribution in [2.75, 3.05) is 0 Å². The lowest BCUT2D eigenvalue weighted by Gasteiger charge is -2.11. The van der Waals surface area contributed by atoms with Crippen molar-refractivity contribution in [1.82, 2.24) is 4.72 Å². The SMILES string of the molecule is C#CC(CC)NS(=O)(=O)c1cc(Br)ccc1[N+](=O)[O-]. The molecule has 0 aliphatic rings. The Hall–Kier alpha value is -1.43. The van der Waals surface area contributed by atoms with Crippen molar-refractivity contribution in [2.45, 2.75) is 24.3 Å². The molecule has 0 aliphatic heterocycles. The van der Waals surface area contributed by atoms with Gasteiger partial charge in [-0.05, 0) is 18.6 Å². The number of nitrogens with zero attached hydrogens (tertiary/aromatic N) is 1. The normalized spacial score (nSPS) is 12.7. The predicted octanol–water partition coefficient (Wildman–Crippen LogP) is 2.05. The van der Waals surface area contributed by atoms with E-state index < -0.39 is 31.6 Å². The van der Waals surface area contributed by atoms with Gasteiger partial charge in [0.15, 0.2) is 4.90 Å². The summed E-state index contributed by atoms with van der Waals surface area (Å²) in [5.41, 5.74) is -0.498. The Labute approximate surface area is 119 Å². The van der Waals surface area contributed by atoms with Crippen LogP contribution in [-0.2, 0) is 10.0 Å². The predicted molar refractivity (Wildman–Crippen MR) is 74.0 cm³/mol. The average molecular weight is 347 g/mol. The highest BCUT2D eigenvalue weighted by molar-refractivity contribution is 9.10. The molecular formula is C11H11BrN2O4S. The van der Waals surface area contributed by atoms with E-state index in [-0.39, 0.29) is 0 Å². The van der Waals surface area contributed by atoms with Crippen LogP contribution in [0.1, 0.15) is 13.3 Å². The van der Waals surface area contributed by atoms with E-state index in [9.17, 15) is 18.5 Å². The van der Waals surface area contributed by atoms with Crippen LogP contribution in [0, 0.1) is 22.5 Å². The number of nitro groups is 1. The van der Waals surface area contributed by atoms with Gasteiger partial charge in [-0.3, -0.25) is 10.1 Å². The number of hydrogen-bond donors (Lipinski definition) is 1. The van der Waals surface area contributed by atoms with Gasteiger partial charge < -0.3 is 0 Å². The monoisotopic (exact) mass is 346 g/mol. The molecule has 0 saturated heterocycles. The van der Waals surface area contributed by atoms with E-state index in [0.29, 0.717) is 10.9 Å². The third-order valence-corrected chi connectivity index (χ3v) is 4.31. The van der Waals surface area contributed by atoms with Crippen molar-refractivity contribution in [3.05, 3.63) is 32.8 Å². The minimum atomic E-state index is -4.05. The lowest BCUT2D eigenvalue weighted by molar-refractivity contribution is -0.387. The number of nitro benzene ring substituents is 1. The summed E-state index contributed by atoms with van der Waals surface area (Å²) >= 11 is 3.08. The van der Waals surface area contributed by atoms with Crippen LogP contribution in [0.4, 0.5) is 5.69 Å². The molecule has 102 valence electrons. The molecule has 0 bridgehead atoms. The van der Waals surface area contributed by atoms with E-state index in [1.165, 1.54) is 12.1 Å². The summed E-state index contributed by atoms with van der Waals surface area (Å²) in [6, 6.07) is 2.98. The first-order valence-electron chi connectivity index (χ1n) is 5.24. The Balaban J connectivity index is 3.32. The Kier molecular flexibility index (Phi) is 5.05. The number of benzene rings is 1. The largest absolute Gasteiger partial charge is 0.289 e. The summed E-state index contributed by atoms with van der Waals surface area (Å²) in [6.07, 6.45) is 5.56. The number of terminal acetylenes is 1. The Bertz CT molecular complexity index is 637. The van der Waals surface area contributed by atoms with E-state index >= 15 is 0 Å². The van der Waals surface area contributed by atoms with Crippen LogP contribution >= 0.6 is 15.9 Å². The van der Waals surface area contributed by atoms with Gasteiger partial charge in [-0.1, -0.05) is 28.8 Å². The van der Waals surface area contributed by atoms with Crippen LogP contribution in [0.25, 0.3) is 0 Å². The van der Waals surface area contributed by atoms with Gasteiger partial charge in [-0.2, -0.15) is 4.72 Å². The Morgan fingerprint density at radius 1 is 1.58 bits per heavy atom. The number of sulfonamides is 1. The molecule has 0 spiro atoms. The molecule has 0 saturated carbocycles. The molecule has 6 nitrogen and oxygen atoms in total. The van der Waals surface area contributed by atoms with E-state index in [1.807, 2.05) is 0 Å². The molecule has 1 atom stereocenters. The van der Waals surface area contributed by atoms with Crippen LogP contribution in [-0.4, -0.2) is 19.4 Å². The first-order chi connectivity index (χ1) is 8.81. The molecule has 0 fully saturated rings. The van der Waals surface area contributed by atoms with Crippen molar-refractivity contribution in [3.8, 4) is 12.3 Å². The molecule has 0 aliphatic carbocycles. The molecule has 19 heavy (non-hydrogen) atoms. The molecule has 8 heteroatoms. The maximum Gasteiger partial charge on any atom is 0.289 e. The fourth-order valence-corrected chi connectivity index (χ4v) is 3.29. The van der Waals surface area contributed by atoms with Crippen molar-refractivity contribution in [3.63, 3.8) is 0 Å². The van der Waals surface area contributed by atoms with E-state index in [1.54, 1.807) is 6.92 Å². The lowest BCUT2D eigenvalue weighted by Crippen LogP contribution is -2.33. The molecule has 0 aromatic heterocycles. The summed E-state index contributed by atoms with van der Waals surface area (Å²) in [5.74, 6) is 2.27. The van der Waals surface area contributed by atoms with Gasteiger partial charge in [0.1, 0.15) is 0 Å². The standard InChI is InChI=1S/C11H11BrN2O4S/c1-3-9(4-2)13-19(17,18)11-7-8(12)5-6-10(11)14(15)16/h1,5-7,9,13H,4H2,2H3. The number of hydrogen-bond acceptors (Lipinski definition) is 4. The van der Waals surface area contributed by atoms with Crippen molar-refractivity contribution >= 4 is 31.6 Å². The maximum absolute atomic E-state index is 12.1. The van der Waals surface area contributed by atoms with E-state index in [0.717, 1.165) is 6.07 Å². The maximum atomic E-state index is 12.1. The second kappa shape index (κ2) is 6.14. The minimum absolute atomic E-state index is 0.386. The molecular weight excluding hydrogens is 336 g/mol. The van der Waals surface area contributed by atoms with Crippen LogP contribution in [0.3, 0.4) is 0 Å². The van der Waals surface area contributed by atoms with E-state index in [4.69, 9.17) is 6.42 Å². The molecule has 1 aromatic carbocycles. The molecule has 1 N–H and O–H groups in total. The number of nitrogens with one attached hydrogen (secondary N) is 1. The zero-order valence-electron chi connectivity index (χ0n) is 9.96. The van der Waals surface area contributed by atoms with Crippen LogP contribution < -0.4 is 4.72 Å². The van der Waals surface area contributed by atoms with Gasteiger partial charge in [-0.25, -0.2) is 8.42 Å². The highest BCUT2D eigenvalue weighted by Gasteiger charge is 2.27. The highest BCUT2D eigenvalue weighted by Crippen LogP contribution is 2.27. The first kappa shape index (κ1) is 15.6. The number of rotatable bonds is 5. The van der Waals surface area contributed by atoms with Crippen molar-refractivity contribution in [1.29, 1.82) is 0 Å². The Morgan fingerprint density at radius 3 is 2.68 bits per heavy atom. The van der Waals surface area contributed by atoms with Crippen LogP contribution in [0.2, 0.25) is 0 Å². The van der Waals surface area contributed by atoms with Gasteiger partial charge in [0, 0.05) is 10.5 Å². The quantitative estimate of drug-likeness (QED) is 0.502. The second-order valence-electron chi connectivity index (χ2n) is 3.62. The third-order valence-electron chi connectivity index (χ3n) is 2.31. The zero-order chi connectivity index (χ0) is 14.6. The van der Waals surface area contributed by atoms with Crippen LogP contribution in [0.15, 0.2) is 27.6 Å². The molecule has 1 rings (SSSR count). The summed E-state index contributed by atoms with van der Waals surface area (Å²) in [6.45, 7) is 1.71. The average Bonchev–Trinajstić information content (AvgIpc) is 2.35. The van der Waals surface area contributed by atoms with Gasteiger partial charge >= 0.3 is 0 Å². The summed E-state index contributed by atoms with van der Waals surface area (Å²) in [5, 5.41) is 10.9. The van der Waals surface area contributed by atoms with Gasteiger partial charge in [0.2, 0.25) is 10.0 Å². The second-order valence-corrected chi connectivity index (χ2v) is 6.22. The third kappa shape index (κ3) is 3.76. The van der Waals surface area contributed by atoms with Crippen molar-refractivity contribution in [2.24, 2.45) is 0 Å². The molecule has 0 radical (unpaired) electrons. The highest BCUT2D eigenvalue weighted by atomic mass is 79.9. The molecule has 0 heterocycles. The molecule has 1 unspecified atom stereocenters.